The molecule has 3 N–H and O–H groups in total. The highest BCUT2D eigenvalue weighted by Crippen LogP contribution is 2.16. The van der Waals surface area contributed by atoms with Gasteiger partial charge in [0.2, 0.25) is 0 Å². The smallest absolute Gasteiger partial charge is 0.379 e. The zero-order chi connectivity index (χ0) is 19.5. The van der Waals surface area contributed by atoms with E-state index in [-0.39, 0.29) is 30.6 Å². The Morgan fingerprint density at radius 3 is 2.46 bits per heavy atom. The summed E-state index contributed by atoms with van der Waals surface area (Å²) in [5, 5.41) is 3.09. The Balaban J connectivity index is 0.00000392. The van der Waals surface area contributed by atoms with Crippen molar-refractivity contribution in [2.75, 3.05) is 46.0 Å². The third-order valence-electron chi connectivity index (χ3n) is 4.05. The van der Waals surface area contributed by atoms with Crippen molar-refractivity contribution in [3.8, 4) is 0 Å². The highest BCUT2D eigenvalue weighted by atomic mass is 127. The fraction of sp³-hybridized carbons (Fsp3) is 0.611. The van der Waals surface area contributed by atoms with Crippen LogP contribution in [0.1, 0.15) is 17.5 Å². The molecular weight excluding hydrogens is 488 g/mol. The summed E-state index contributed by atoms with van der Waals surface area (Å²) in [4.78, 5) is 6.63. The number of morpholine rings is 1. The molecule has 0 bridgehead atoms. The van der Waals surface area contributed by atoms with Gasteiger partial charge >= 0.3 is 6.18 Å². The van der Waals surface area contributed by atoms with Gasteiger partial charge in [-0.1, -0.05) is 24.3 Å². The molecular formula is C18H28F3IN4O2. The second kappa shape index (κ2) is 13.2. The molecule has 0 aromatic heterocycles. The largest absolute Gasteiger partial charge is 0.411 e. The molecule has 6 nitrogen and oxygen atoms in total. The van der Waals surface area contributed by atoms with Crippen molar-refractivity contribution in [1.82, 2.24) is 10.2 Å². The fourth-order valence-corrected chi connectivity index (χ4v) is 2.60. The summed E-state index contributed by atoms with van der Waals surface area (Å²) in [6.45, 7) is 4.38. The number of benzene rings is 1. The minimum Gasteiger partial charge on any atom is -0.379 e. The average Bonchev–Trinajstić information content (AvgIpc) is 2.64. The van der Waals surface area contributed by atoms with E-state index in [1.807, 2.05) is 12.1 Å². The van der Waals surface area contributed by atoms with Crippen molar-refractivity contribution in [2.45, 2.75) is 25.7 Å². The number of hydrogen-bond donors (Lipinski definition) is 2. The Hall–Kier alpha value is -1.11. The van der Waals surface area contributed by atoms with Gasteiger partial charge in [-0.05, 0) is 24.1 Å². The zero-order valence-corrected chi connectivity index (χ0v) is 18.0. The fourth-order valence-electron chi connectivity index (χ4n) is 2.60. The van der Waals surface area contributed by atoms with Gasteiger partial charge in [0.25, 0.3) is 0 Å². The van der Waals surface area contributed by atoms with Crippen molar-refractivity contribution in [3.05, 3.63) is 35.4 Å². The molecule has 1 aliphatic heterocycles. The lowest BCUT2D eigenvalue weighted by atomic mass is 10.1. The molecule has 160 valence electrons. The van der Waals surface area contributed by atoms with Gasteiger partial charge < -0.3 is 20.5 Å². The van der Waals surface area contributed by atoms with Crippen molar-refractivity contribution in [2.24, 2.45) is 10.7 Å². The molecule has 0 amide bonds. The van der Waals surface area contributed by atoms with E-state index < -0.39 is 12.8 Å². The predicted octanol–water partition coefficient (Wildman–Crippen LogP) is 2.51. The van der Waals surface area contributed by atoms with Crippen LogP contribution in [0.4, 0.5) is 13.2 Å². The van der Waals surface area contributed by atoms with Crippen LogP contribution in [-0.2, 0) is 22.6 Å². The van der Waals surface area contributed by atoms with Crippen LogP contribution >= 0.6 is 24.0 Å². The SMILES string of the molecule is I.NC(=NCc1ccc(COCC(F)(F)F)cc1)NCCCN1CCOCC1. The van der Waals surface area contributed by atoms with E-state index in [9.17, 15) is 13.2 Å². The highest BCUT2D eigenvalue weighted by molar-refractivity contribution is 14.0. The number of halogens is 4. The van der Waals surface area contributed by atoms with Gasteiger partial charge in [0.15, 0.2) is 5.96 Å². The summed E-state index contributed by atoms with van der Waals surface area (Å²) in [6, 6.07) is 7.07. The van der Waals surface area contributed by atoms with Crippen LogP contribution in [0.15, 0.2) is 29.3 Å². The quantitative estimate of drug-likeness (QED) is 0.229. The molecule has 0 aliphatic carbocycles. The molecule has 0 saturated carbocycles. The minimum absolute atomic E-state index is 0. The highest BCUT2D eigenvalue weighted by Gasteiger charge is 2.27. The molecule has 0 unspecified atom stereocenters. The molecule has 0 atom stereocenters. The molecule has 1 fully saturated rings. The maximum absolute atomic E-state index is 12.0. The van der Waals surface area contributed by atoms with Gasteiger partial charge in [0.05, 0.1) is 26.4 Å². The predicted molar refractivity (Wildman–Crippen MR) is 113 cm³/mol. The number of hydrogen-bond acceptors (Lipinski definition) is 4. The van der Waals surface area contributed by atoms with Crippen molar-refractivity contribution in [1.29, 1.82) is 0 Å². The summed E-state index contributed by atoms with van der Waals surface area (Å²) >= 11 is 0. The van der Waals surface area contributed by atoms with Gasteiger partial charge in [-0.2, -0.15) is 13.2 Å². The molecule has 1 aromatic carbocycles. The van der Waals surface area contributed by atoms with Gasteiger partial charge in [-0.15, -0.1) is 24.0 Å². The molecule has 1 heterocycles. The first-order chi connectivity index (χ1) is 12.9. The maximum Gasteiger partial charge on any atom is 0.411 e. The molecule has 1 aliphatic rings. The summed E-state index contributed by atoms with van der Waals surface area (Å²) in [5.74, 6) is 0.384. The Kier molecular flexibility index (Phi) is 11.7. The standard InChI is InChI=1S/C18H27F3N4O2.HI/c19-18(20,21)14-27-13-16-4-2-15(3-5-16)12-24-17(22)23-6-1-7-25-8-10-26-11-9-25;/h2-5H,1,6-14H2,(H3,22,23,24);1H. The van der Waals surface area contributed by atoms with Crippen molar-refractivity contribution in [3.63, 3.8) is 0 Å². The van der Waals surface area contributed by atoms with Gasteiger partial charge in [-0.3, -0.25) is 4.90 Å². The van der Waals surface area contributed by atoms with Crippen LogP contribution in [0.2, 0.25) is 0 Å². The summed E-state index contributed by atoms with van der Waals surface area (Å²) < 4.78 is 46.1. The summed E-state index contributed by atoms with van der Waals surface area (Å²) in [5.41, 5.74) is 7.46. The number of alkyl halides is 3. The normalized spacial score (nSPS) is 15.9. The van der Waals surface area contributed by atoms with Crippen LogP contribution < -0.4 is 11.1 Å². The van der Waals surface area contributed by atoms with Crippen LogP contribution in [0, 0.1) is 0 Å². The second-order valence-corrected chi connectivity index (χ2v) is 6.36. The third-order valence-corrected chi connectivity index (χ3v) is 4.05. The molecule has 0 spiro atoms. The minimum atomic E-state index is -4.30. The number of aliphatic imine (C=N–C) groups is 1. The number of nitrogens with one attached hydrogen (secondary N) is 1. The molecule has 1 aromatic rings. The van der Waals surface area contributed by atoms with E-state index in [4.69, 9.17) is 10.5 Å². The number of guanidine groups is 1. The monoisotopic (exact) mass is 516 g/mol. The lowest BCUT2D eigenvalue weighted by molar-refractivity contribution is -0.176. The lowest BCUT2D eigenvalue weighted by Gasteiger charge is -2.26. The van der Waals surface area contributed by atoms with Crippen molar-refractivity contribution < 1.29 is 22.6 Å². The van der Waals surface area contributed by atoms with E-state index in [0.29, 0.717) is 18.1 Å². The Labute approximate surface area is 180 Å². The molecule has 10 heteroatoms. The van der Waals surface area contributed by atoms with E-state index in [0.717, 1.165) is 51.4 Å². The van der Waals surface area contributed by atoms with Crippen molar-refractivity contribution >= 4 is 29.9 Å². The second-order valence-electron chi connectivity index (χ2n) is 6.36. The third kappa shape index (κ3) is 11.0. The van der Waals surface area contributed by atoms with E-state index in [1.54, 1.807) is 12.1 Å². The van der Waals surface area contributed by atoms with Crippen LogP contribution in [0.25, 0.3) is 0 Å². The van der Waals surface area contributed by atoms with Gasteiger partial charge in [-0.25, -0.2) is 4.99 Å². The number of nitrogens with zero attached hydrogens (tertiary/aromatic N) is 2. The van der Waals surface area contributed by atoms with Crippen LogP contribution in [-0.4, -0.2) is 63.0 Å². The number of ether oxygens (including phenoxy) is 2. The topological polar surface area (TPSA) is 72.1 Å². The maximum atomic E-state index is 12.0. The van der Waals surface area contributed by atoms with Gasteiger partial charge in [0, 0.05) is 19.6 Å². The van der Waals surface area contributed by atoms with Crippen LogP contribution in [0.5, 0.6) is 0 Å². The Bertz CT molecular complexity index is 579. The van der Waals surface area contributed by atoms with Crippen LogP contribution in [0.3, 0.4) is 0 Å². The Morgan fingerprint density at radius 2 is 1.82 bits per heavy atom. The molecule has 0 radical (unpaired) electrons. The molecule has 28 heavy (non-hydrogen) atoms. The average molecular weight is 516 g/mol. The summed E-state index contributed by atoms with van der Waals surface area (Å²) in [7, 11) is 0. The van der Waals surface area contributed by atoms with E-state index in [2.05, 4.69) is 19.9 Å². The Morgan fingerprint density at radius 1 is 1.18 bits per heavy atom. The first-order valence-electron chi connectivity index (χ1n) is 8.98. The molecule has 1 saturated heterocycles. The zero-order valence-electron chi connectivity index (χ0n) is 15.7. The molecule has 2 rings (SSSR count). The first-order valence-corrected chi connectivity index (χ1v) is 8.98. The van der Waals surface area contributed by atoms with E-state index in [1.165, 1.54) is 0 Å². The van der Waals surface area contributed by atoms with Gasteiger partial charge in [0.1, 0.15) is 6.61 Å². The first kappa shape index (κ1) is 24.9. The lowest BCUT2D eigenvalue weighted by Crippen LogP contribution is -2.39. The summed E-state index contributed by atoms with van der Waals surface area (Å²) in [6.07, 6.45) is -3.33. The number of rotatable bonds is 9. The number of nitrogens with two attached hydrogens (primary N) is 1. The van der Waals surface area contributed by atoms with E-state index >= 15 is 0 Å².